The number of ether oxygens (including phenoxy) is 1. The van der Waals surface area contributed by atoms with Gasteiger partial charge in [-0.1, -0.05) is 22.0 Å². The number of aliphatic imine (C=N–C) groups is 1. The number of hydrogen-bond acceptors (Lipinski definition) is 3. The molecule has 25 heavy (non-hydrogen) atoms. The second-order valence-corrected chi connectivity index (χ2v) is 6.85. The first-order chi connectivity index (χ1) is 11.4. The lowest BCUT2D eigenvalue weighted by atomic mass is 10.3. The van der Waals surface area contributed by atoms with E-state index in [-0.39, 0.29) is 30.5 Å². The first-order valence-electron chi connectivity index (χ1n) is 7.38. The van der Waals surface area contributed by atoms with Crippen LogP contribution in [0.25, 0.3) is 0 Å². The number of halogens is 5. The van der Waals surface area contributed by atoms with Crippen LogP contribution in [-0.2, 0) is 0 Å². The zero-order valence-electron chi connectivity index (χ0n) is 13.7. The summed E-state index contributed by atoms with van der Waals surface area (Å²) in [5.74, 6) is 2.83. The third-order valence-electron chi connectivity index (χ3n) is 2.76. The summed E-state index contributed by atoms with van der Waals surface area (Å²) in [6.45, 7) is 1.03. The second kappa shape index (κ2) is 13.8. The topological polar surface area (TPSA) is 45.7 Å². The molecule has 0 bridgehead atoms. The molecule has 0 fully saturated rings. The number of guanidine groups is 1. The van der Waals surface area contributed by atoms with E-state index in [1.165, 1.54) is 7.05 Å². The third kappa shape index (κ3) is 13.5. The smallest absolute Gasteiger partial charge is 0.390 e. The Labute approximate surface area is 175 Å². The van der Waals surface area contributed by atoms with Crippen molar-refractivity contribution in [2.24, 2.45) is 4.99 Å². The molecule has 0 atom stereocenters. The quantitative estimate of drug-likeness (QED) is 0.206. The van der Waals surface area contributed by atoms with Crippen molar-refractivity contribution in [1.29, 1.82) is 0 Å². The Balaban J connectivity index is 0.00000576. The first kappa shape index (κ1) is 24.6. The van der Waals surface area contributed by atoms with Gasteiger partial charge in [0.2, 0.25) is 0 Å². The van der Waals surface area contributed by atoms with E-state index in [9.17, 15) is 13.2 Å². The van der Waals surface area contributed by atoms with Crippen molar-refractivity contribution in [3.05, 3.63) is 28.7 Å². The molecule has 0 saturated heterocycles. The summed E-state index contributed by atoms with van der Waals surface area (Å²) < 4.78 is 42.8. The van der Waals surface area contributed by atoms with Gasteiger partial charge < -0.3 is 15.4 Å². The lowest BCUT2D eigenvalue weighted by molar-refractivity contribution is -0.132. The van der Waals surface area contributed by atoms with Gasteiger partial charge in [-0.15, -0.1) is 24.0 Å². The number of nitrogens with zero attached hydrogens (tertiary/aromatic N) is 1. The van der Waals surface area contributed by atoms with E-state index >= 15 is 0 Å². The summed E-state index contributed by atoms with van der Waals surface area (Å²) in [7, 11) is 1.53. The van der Waals surface area contributed by atoms with Crippen LogP contribution in [0.2, 0.25) is 0 Å². The van der Waals surface area contributed by atoms with Gasteiger partial charge in [0.15, 0.2) is 5.96 Å². The third-order valence-corrected chi connectivity index (χ3v) is 4.20. The molecule has 0 saturated carbocycles. The molecule has 0 aromatic heterocycles. The lowest BCUT2D eigenvalue weighted by Crippen LogP contribution is -2.39. The van der Waals surface area contributed by atoms with Crippen LogP contribution < -0.4 is 15.4 Å². The highest BCUT2D eigenvalue weighted by molar-refractivity contribution is 14.0. The van der Waals surface area contributed by atoms with Crippen molar-refractivity contribution in [1.82, 2.24) is 10.6 Å². The lowest BCUT2D eigenvalue weighted by Gasteiger charge is -2.12. The number of rotatable bonds is 9. The minimum absolute atomic E-state index is 0. The van der Waals surface area contributed by atoms with E-state index in [1.54, 1.807) is 11.8 Å². The molecule has 4 nitrogen and oxygen atoms in total. The van der Waals surface area contributed by atoms with Gasteiger partial charge in [-0.3, -0.25) is 4.99 Å². The van der Waals surface area contributed by atoms with Crippen LogP contribution in [0.5, 0.6) is 5.75 Å². The van der Waals surface area contributed by atoms with E-state index in [0.717, 1.165) is 21.7 Å². The number of alkyl halides is 3. The van der Waals surface area contributed by atoms with Gasteiger partial charge in [-0.2, -0.15) is 24.9 Å². The van der Waals surface area contributed by atoms with E-state index in [0.29, 0.717) is 19.1 Å². The van der Waals surface area contributed by atoms with Crippen LogP contribution in [0.4, 0.5) is 13.2 Å². The second-order valence-electron chi connectivity index (χ2n) is 4.71. The van der Waals surface area contributed by atoms with E-state index in [1.807, 2.05) is 24.3 Å². The summed E-state index contributed by atoms with van der Waals surface area (Å²) in [5, 5.41) is 5.61. The van der Waals surface area contributed by atoms with Gasteiger partial charge in [0, 0.05) is 36.1 Å². The van der Waals surface area contributed by atoms with Gasteiger partial charge in [0.25, 0.3) is 0 Å². The monoisotopic (exact) mass is 555 g/mol. The highest BCUT2D eigenvalue weighted by atomic mass is 127. The van der Waals surface area contributed by atoms with Crippen LogP contribution in [0.3, 0.4) is 0 Å². The van der Waals surface area contributed by atoms with Gasteiger partial charge in [0.1, 0.15) is 5.75 Å². The van der Waals surface area contributed by atoms with Gasteiger partial charge in [0.05, 0.1) is 13.0 Å². The van der Waals surface area contributed by atoms with Gasteiger partial charge in [-0.25, -0.2) is 0 Å². The van der Waals surface area contributed by atoms with E-state index in [2.05, 4.69) is 31.6 Å². The van der Waals surface area contributed by atoms with Crippen molar-refractivity contribution in [3.8, 4) is 5.75 Å². The van der Waals surface area contributed by atoms with Crippen molar-refractivity contribution in [2.75, 3.05) is 38.2 Å². The largest absolute Gasteiger partial charge is 0.493 e. The molecular weight excluding hydrogens is 534 g/mol. The van der Waals surface area contributed by atoms with Crippen molar-refractivity contribution < 1.29 is 17.9 Å². The fraction of sp³-hybridized carbons (Fsp3) is 0.533. The number of benzene rings is 1. The fourth-order valence-corrected chi connectivity index (χ4v) is 2.69. The summed E-state index contributed by atoms with van der Waals surface area (Å²) in [5.41, 5.74) is 0. The standard InChI is InChI=1S/C15H21BrF3N3OS.HI/c1-20-14(21-6-5-15(17,18)19)22-7-9-24-10-8-23-13-4-2-3-12(16)11-13;/h2-4,11H,5-10H2,1H3,(H2,20,21,22);1H. The molecule has 1 rings (SSSR count). The van der Waals surface area contributed by atoms with Crippen molar-refractivity contribution >= 4 is 57.6 Å². The van der Waals surface area contributed by atoms with Gasteiger partial charge >= 0.3 is 6.18 Å². The molecule has 144 valence electrons. The Kier molecular flexibility index (Phi) is 13.6. The molecule has 0 amide bonds. The van der Waals surface area contributed by atoms with E-state index in [4.69, 9.17) is 4.74 Å². The number of nitrogens with one attached hydrogen (secondary N) is 2. The predicted molar refractivity (Wildman–Crippen MR) is 112 cm³/mol. The SMILES string of the molecule is CN=C(NCCSCCOc1cccc(Br)c1)NCCC(F)(F)F.I. The van der Waals surface area contributed by atoms with Crippen LogP contribution in [0.15, 0.2) is 33.7 Å². The maximum Gasteiger partial charge on any atom is 0.390 e. The Bertz CT molecular complexity index is 521. The average Bonchev–Trinajstić information content (AvgIpc) is 2.51. The Morgan fingerprint density at radius 2 is 1.96 bits per heavy atom. The maximum atomic E-state index is 12.1. The molecule has 0 spiro atoms. The Hall–Kier alpha value is -0.360. The molecule has 0 aliphatic rings. The molecule has 2 N–H and O–H groups in total. The molecule has 1 aromatic rings. The van der Waals surface area contributed by atoms with Gasteiger partial charge in [-0.05, 0) is 18.2 Å². The highest BCUT2D eigenvalue weighted by Gasteiger charge is 2.26. The van der Waals surface area contributed by atoms with Crippen LogP contribution >= 0.6 is 51.7 Å². The molecule has 1 aromatic carbocycles. The molecule has 0 unspecified atom stereocenters. The molecule has 0 heterocycles. The zero-order chi connectivity index (χ0) is 17.8. The normalized spacial score (nSPS) is 11.6. The molecule has 0 aliphatic carbocycles. The summed E-state index contributed by atoms with van der Waals surface area (Å²) >= 11 is 5.08. The number of thioether (sulfide) groups is 1. The molecule has 10 heteroatoms. The maximum absolute atomic E-state index is 12.1. The Morgan fingerprint density at radius 3 is 2.60 bits per heavy atom. The average molecular weight is 556 g/mol. The van der Waals surface area contributed by atoms with Crippen LogP contribution in [0.1, 0.15) is 6.42 Å². The minimum atomic E-state index is -4.16. The van der Waals surface area contributed by atoms with Crippen LogP contribution in [-0.4, -0.2) is 50.4 Å². The molecule has 0 aliphatic heterocycles. The van der Waals surface area contributed by atoms with Crippen molar-refractivity contribution in [2.45, 2.75) is 12.6 Å². The highest BCUT2D eigenvalue weighted by Crippen LogP contribution is 2.18. The predicted octanol–water partition coefficient (Wildman–Crippen LogP) is 4.30. The van der Waals surface area contributed by atoms with E-state index < -0.39 is 12.6 Å². The summed E-state index contributed by atoms with van der Waals surface area (Å²) in [4.78, 5) is 3.88. The first-order valence-corrected chi connectivity index (χ1v) is 9.33. The zero-order valence-corrected chi connectivity index (χ0v) is 18.5. The number of hydrogen-bond donors (Lipinski definition) is 2. The Morgan fingerprint density at radius 1 is 1.24 bits per heavy atom. The minimum Gasteiger partial charge on any atom is -0.493 e. The van der Waals surface area contributed by atoms with Crippen LogP contribution in [0, 0.1) is 0 Å². The molecular formula is C15H22BrF3IN3OS. The van der Waals surface area contributed by atoms with Crippen molar-refractivity contribution in [3.63, 3.8) is 0 Å². The fourth-order valence-electron chi connectivity index (χ4n) is 1.66. The summed E-state index contributed by atoms with van der Waals surface area (Å²) in [6.07, 6.45) is -5.04. The molecule has 0 radical (unpaired) electrons. The summed E-state index contributed by atoms with van der Waals surface area (Å²) in [6, 6.07) is 7.65.